The third kappa shape index (κ3) is 3.61. The van der Waals surface area contributed by atoms with Crippen molar-refractivity contribution in [3.63, 3.8) is 0 Å². The van der Waals surface area contributed by atoms with Crippen LogP contribution in [0.25, 0.3) is 0 Å². The molecule has 0 amide bonds. The monoisotopic (exact) mass is 360 g/mol. The zero-order valence-electron chi connectivity index (χ0n) is 11.3. The number of benzene rings is 1. The minimum absolute atomic E-state index is 0.0498. The molecular formula is C14H17BrO4S. The maximum absolute atomic E-state index is 12.1. The van der Waals surface area contributed by atoms with E-state index in [1.807, 2.05) is 0 Å². The highest BCUT2D eigenvalue weighted by Crippen LogP contribution is 2.33. The second-order valence-electron chi connectivity index (χ2n) is 4.53. The van der Waals surface area contributed by atoms with Crippen molar-refractivity contribution in [3.05, 3.63) is 18.2 Å². The van der Waals surface area contributed by atoms with Crippen molar-refractivity contribution < 1.29 is 18.5 Å². The van der Waals surface area contributed by atoms with Gasteiger partial charge in [-0.3, -0.25) is 9.00 Å². The summed E-state index contributed by atoms with van der Waals surface area (Å²) in [6.07, 6.45) is 1.38. The summed E-state index contributed by atoms with van der Waals surface area (Å²) < 4.78 is 23.2. The molecule has 0 saturated carbocycles. The topological polar surface area (TPSA) is 52.6 Å². The van der Waals surface area contributed by atoms with Gasteiger partial charge in [-0.25, -0.2) is 0 Å². The van der Waals surface area contributed by atoms with Gasteiger partial charge in [0.1, 0.15) is 6.61 Å². The zero-order valence-corrected chi connectivity index (χ0v) is 13.7. The first-order chi connectivity index (χ1) is 9.65. The molecular weight excluding hydrogens is 344 g/mol. The highest BCUT2D eigenvalue weighted by Gasteiger charge is 2.26. The summed E-state index contributed by atoms with van der Waals surface area (Å²) >= 11 is 3.12. The summed E-state index contributed by atoms with van der Waals surface area (Å²) in [6.45, 7) is 2.27. The van der Waals surface area contributed by atoms with Crippen molar-refractivity contribution >= 4 is 32.5 Å². The fourth-order valence-corrected chi connectivity index (χ4v) is 3.44. The van der Waals surface area contributed by atoms with Crippen molar-refractivity contribution in [2.75, 3.05) is 17.7 Å². The maximum Gasteiger partial charge on any atom is 0.191 e. The Labute approximate surface area is 129 Å². The van der Waals surface area contributed by atoms with Gasteiger partial charge in [0, 0.05) is 16.7 Å². The first kappa shape index (κ1) is 15.5. The SMILES string of the molecule is CCCCS(=O)c1ccc2c(c1)OCC(C(=O)CBr)O2. The molecule has 1 aliphatic heterocycles. The number of Topliss-reactive ketones (excluding diaryl/α,β-unsaturated/α-hetero) is 1. The number of alkyl halides is 1. The molecule has 2 rings (SSSR count). The summed E-state index contributed by atoms with van der Waals surface area (Å²) in [6, 6.07) is 5.24. The number of ketones is 1. The van der Waals surface area contributed by atoms with Crippen LogP contribution in [0.4, 0.5) is 0 Å². The smallest absolute Gasteiger partial charge is 0.191 e. The maximum atomic E-state index is 12.1. The number of carbonyl (C=O) groups is 1. The van der Waals surface area contributed by atoms with E-state index in [1.165, 1.54) is 0 Å². The molecule has 0 aliphatic carbocycles. The highest BCUT2D eigenvalue weighted by atomic mass is 79.9. The van der Waals surface area contributed by atoms with Crippen LogP contribution < -0.4 is 9.47 Å². The Balaban J connectivity index is 2.10. The molecule has 0 bridgehead atoms. The van der Waals surface area contributed by atoms with Crippen LogP contribution >= 0.6 is 15.9 Å². The molecule has 1 aliphatic rings. The first-order valence-corrected chi connectivity index (χ1v) is 9.00. The van der Waals surface area contributed by atoms with E-state index in [0.29, 0.717) is 17.3 Å². The fourth-order valence-electron chi connectivity index (χ4n) is 1.83. The molecule has 1 aromatic rings. The van der Waals surface area contributed by atoms with Gasteiger partial charge in [0.15, 0.2) is 23.4 Å². The molecule has 0 N–H and O–H groups in total. The van der Waals surface area contributed by atoms with E-state index in [0.717, 1.165) is 17.7 Å². The number of hydrogen-bond donors (Lipinski definition) is 0. The Kier molecular flexibility index (Phi) is 5.60. The van der Waals surface area contributed by atoms with Gasteiger partial charge in [0.2, 0.25) is 0 Å². The molecule has 4 nitrogen and oxygen atoms in total. The van der Waals surface area contributed by atoms with Crippen LogP contribution in [0, 0.1) is 0 Å². The second-order valence-corrected chi connectivity index (χ2v) is 6.66. The molecule has 0 aromatic heterocycles. The van der Waals surface area contributed by atoms with Crippen molar-refractivity contribution in [3.8, 4) is 11.5 Å². The van der Waals surface area contributed by atoms with Gasteiger partial charge in [-0.15, -0.1) is 0 Å². The molecule has 0 radical (unpaired) electrons. The molecule has 110 valence electrons. The minimum atomic E-state index is -1.01. The Morgan fingerprint density at radius 3 is 2.95 bits per heavy atom. The van der Waals surface area contributed by atoms with Gasteiger partial charge in [-0.05, 0) is 18.6 Å². The Bertz CT molecular complexity index is 518. The van der Waals surface area contributed by atoms with Crippen molar-refractivity contribution in [1.82, 2.24) is 0 Å². The quantitative estimate of drug-likeness (QED) is 0.731. The molecule has 6 heteroatoms. The van der Waals surface area contributed by atoms with Crippen LogP contribution in [-0.2, 0) is 15.6 Å². The molecule has 0 saturated heterocycles. The summed E-state index contributed by atoms with van der Waals surface area (Å²) in [5.74, 6) is 1.70. The number of halogens is 1. The van der Waals surface area contributed by atoms with E-state index in [4.69, 9.17) is 9.47 Å². The van der Waals surface area contributed by atoms with E-state index >= 15 is 0 Å². The lowest BCUT2D eigenvalue weighted by Gasteiger charge is -2.25. The predicted octanol–water partition coefficient (Wildman–Crippen LogP) is 2.70. The molecule has 1 aromatic carbocycles. The third-order valence-corrected chi connectivity index (χ3v) is 5.00. The minimum Gasteiger partial charge on any atom is -0.485 e. The normalized spacial score (nSPS) is 18.6. The van der Waals surface area contributed by atoms with E-state index < -0.39 is 16.9 Å². The number of carbonyl (C=O) groups excluding carboxylic acids is 1. The van der Waals surface area contributed by atoms with Gasteiger partial charge in [0.05, 0.1) is 16.1 Å². The summed E-state index contributed by atoms with van der Waals surface area (Å²) in [4.78, 5) is 12.3. The van der Waals surface area contributed by atoms with E-state index in [1.54, 1.807) is 18.2 Å². The van der Waals surface area contributed by atoms with Gasteiger partial charge in [0.25, 0.3) is 0 Å². The average molecular weight is 361 g/mol. The van der Waals surface area contributed by atoms with Crippen molar-refractivity contribution in [1.29, 1.82) is 0 Å². The summed E-state index contributed by atoms with van der Waals surface area (Å²) in [5, 5.41) is 0.246. The van der Waals surface area contributed by atoms with Crippen LogP contribution in [-0.4, -0.2) is 33.8 Å². The van der Waals surface area contributed by atoms with Gasteiger partial charge in [-0.1, -0.05) is 29.3 Å². The lowest BCUT2D eigenvalue weighted by Crippen LogP contribution is -2.37. The van der Waals surface area contributed by atoms with E-state index in [2.05, 4.69) is 22.9 Å². The number of hydrogen-bond acceptors (Lipinski definition) is 4. The van der Waals surface area contributed by atoms with Crippen LogP contribution in [0.1, 0.15) is 19.8 Å². The number of rotatable bonds is 6. The van der Waals surface area contributed by atoms with Gasteiger partial charge < -0.3 is 9.47 Å². The van der Waals surface area contributed by atoms with Crippen LogP contribution in [0.3, 0.4) is 0 Å². The first-order valence-electron chi connectivity index (χ1n) is 6.56. The molecule has 20 heavy (non-hydrogen) atoms. The summed E-state index contributed by atoms with van der Waals surface area (Å²) in [7, 11) is -1.01. The van der Waals surface area contributed by atoms with E-state index in [-0.39, 0.29) is 17.7 Å². The highest BCUT2D eigenvalue weighted by molar-refractivity contribution is 9.09. The zero-order chi connectivity index (χ0) is 14.5. The lowest BCUT2D eigenvalue weighted by molar-refractivity contribution is -0.125. The largest absolute Gasteiger partial charge is 0.485 e. The third-order valence-electron chi connectivity index (χ3n) is 3.01. The van der Waals surface area contributed by atoms with Crippen LogP contribution in [0.5, 0.6) is 11.5 Å². The predicted molar refractivity (Wildman–Crippen MR) is 81.3 cm³/mol. The summed E-state index contributed by atoms with van der Waals surface area (Å²) in [5.41, 5.74) is 0. The van der Waals surface area contributed by atoms with Crippen LogP contribution in [0.15, 0.2) is 23.1 Å². The lowest BCUT2D eigenvalue weighted by atomic mass is 10.2. The van der Waals surface area contributed by atoms with Gasteiger partial charge in [-0.2, -0.15) is 0 Å². The standard InChI is InChI=1S/C14H17BrO4S/c1-2-3-6-20(17)10-4-5-12-13(7-10)18-9-14(19-12)11(16)8-15/h4-5,7,14H,2-3,6,8-9H2,1H3. The Morgan fingerprint density at radius 2 is 2.25 bits per heavy atom. The molecule has 1 heterocycles. The number of unbranched alkanes of at least 4 members (excludes halogenated alkanes) is 1. The fraction of sp³-hybridized carbons (Fsp3) is 0.500. The van der Waals surface area contributed by atoms with Gasteiger partial charge >= 0.3 is 0 Å². The van der Waals surface area contributed by atoms with Crippen LogP contribution in [0.2, 0.25) is 0 Å². The Morgan fingerprint density at radius 1 is 1.45 bits per heavy atom. The molecule has 2 unspecified atom stereocenters. The molecule has 0 fully saturated rings. The molecule has 0 spiro atoms. The van der Waals surface area contributed by atoms with E-state index in [9.17, 15) is 9.00 Å². The van der Waals surface area contributed by atoms with Crippen molar-refractivity contribution in [2.24, 2.45) is 0 Å². The average Bonchev–Trinajstić information content (AvgIpc) is 2.50. The Hall–Kier alpha value is -0.880. The van der Waals surface area contributed by atoms with Crippen molar-refractivity contribution in [2.45, 2.75) is 30.8 Å². The molecule has 2 atom stereocenters. The number of fused-ring (bicyclic) bond motifs is 1. The number of ether oxygens (including phenoxy) is 2. The second kappa shape index (κ2) is 7.22.